The first kappa shape index (κ1) is 36.8. The molecule has 0 saturated heterocycles. The van der Waals surface area contributed by atoms with Crippen LogP contribution in [0.3, 0.4) is 0 Å². The van der Waals surface area contributed by atoms with Gasteiger partial charge in [0.25, 0.3) is 16.0 Å². The average molecular weight is 674 g/mol. The smallest absolute Gasteiger partial charge is 0.456 e. The number of rotatable bonds is 11. The van der Waals surface area contributed by atoms with Crippen LogP contribution in [0.5, 0.6) is 0 Å². The molecule has 0 aliphatic rings. The predicted octanol–water partition coefficient (Wildman–Crippen LogP) is 4.75. The number of anilines is 1. The summed E-state index contributed by atoms with van der Waals surface area (Å²) in [4.78, 5) is 26.3. The predicted molar refractivity (Wildman–Crippen MR) is 187 cm³/mol. The van der Waals surface area contributed by atoms with Crippen molar-refractivity contribution in [2.75, 3.05) is 17.6 Å². The van der Waals surface area contributed by atoms with Crippen molar-refractivity contribution in [2.24, 2.45) is 5.41 Å². The maximum Gasteiger partial charge on any atom is 1.00 e. The molecular weight excluding hydrogens is 635 g/mol. The number of nitrogens with one attached hydrogen (secondary N) is 2. The Hall–Kier alpha value is -3.99. The fraction of sp³-hybridized carbons (Fsp3) is 0.211. The maximum atomic E-state index is 13.8. The second-order valence-electron chi connectivity index (χ2n) is 12.6. The van der Waals surface area contributed by atoms with E-state index >= 15 is 0 Å². The van der Waals surface area contributed by atoms with E-state index in [4.69, 9.17) is 8.97 Å². The van der Waals surface area contributed by atoms with E-state index in [1.54, 1.807) is 24.3 Å². The van der Waals surface area contributed by atoms with Crippen molar-refractivity contribution in [3.05, 3.63) is 131 Å². The van der Waals surface area contributed by atoms with Gasteiger partial charge in [0.1, 0.15) is 11.3 Å². The Bertz CT molecular complexity index is 1960. The van der Waals surface area contributed by atoms with E-state index < -0.39 is 27.7 Å². The van der Waals surface area contributed by atoms with Gasteiger partial charge in [-0.1, -0.05) is 87.5 Å². The van der Waals surface area contributed by atoms with Crippen molar-refractivity contribution >= 4 is 44.7 Å². The van der Waals surface area contributed by atoms with Gasteiger partial charge in [-0.2, -0.15) is 8.42 Å². The van der Waals surface area contributed by atoms with Gasteiger partial charge in [-0.3, -0.25) is 14.1 Å². The summed E-state index contributed by atoms with van der Waals surface area (Å²) in [6.07, 6.45) is 4.59. The van der Waals surface area contributed by atoms with E-state index in [0.717, 1.165) is 39.0 Å². The molecule has 0 aliphatic carbocycles. The minimum atomic E-state index is -4.17. The molecule has 1 unspecified atom stereocenters. The minimum Gasteiger partial charge on any atom is -0.456 e. The SMILES string of the molecule is CC(C)(C)/C=C/c1ccc(C(Cc2ccc(C(=O)NCCS(=O)(=O)O)cc2)C(=O)Nc2ccc(-c3cc4ccccc4o3)cc2)cc1.[Na+]. The molecule has 0 radical (unpaired) electrons. The van der Waals surface area contributed by atoms with Gasteiger partial charge >= 0.3 is 29.6 Å². The van der Waals surface area contributed by atoms with E-state index in [2.05, 4.69) is 43.6 Å². The van der Waals surface area contributed by atoms with Gasteiger partial charge in [0.2, 0.25) is 5.91 Å². The van der Waals surface area contributed by atoms with E-state index in [1.807, 2.05) is 78.9 Å². The van der Waals surface area contributed by atoms with Gasteiger partial charge in [0.05, 0.1) is 11.7 Å². The summed E-state index contributed by atoms with van der Waals surface area (Å²) >= 11 is 0. The molecule has 0 bridgehead atoms. The first-order valence-electron chi connectivity index (χ1n) is 15.3. The third-order valence-corrected chi connectivity index (χ3v) is 8.32. The fourth-order valence-corrected chi connectivity index (χ4v) is 5.40. The summed E-state index contributed by atoms with van der Waals surface area (Å²) in [6, 6.07) is 32.1. The van der Waals surface area contributed by atoms with E-state index in [-0.39, 0.29) is 47.4 Å². The molecule has 2 amide bonds. The zero-order chi connectivity index (χ0) is 33.6. The summed E-state index contributed by atoms with van der Waals surface area (Å²) in [7, 11) is -4.17. The maximum absolute atomic E-state index is 13.8. The Balaban J connectivity index is 0.00000520. The molecule has 0 spiro atoms. The standard InChI is InChI=1S/C38H38N2O6S.Na/c1-38(2,3)21-20-26-8-12-28(13-9-26)33(24-27-10-14-30(15-11-27)36(41)39-22-23-47(43,44)45)37(42)40-32-18-16-29(17-19-32)35-25-31-6-4-5-7-34(31)46-35;/h4-21,25,33H,22-24H2,1-3H3,(H,39,41)(H,40,42)(H,43,44,45);/q;+1/b21-20+;. The monoisotopic (exact) mass is 673 g/mol. The van der Waals surface area contributed by atoms with E-state index in [9.17, 15) is 18.0 Å². The van der Waals surface area contributed by atoms with Gasteiger partial charge in [-0.05, 0) is 77.1 Å². The molecule has 1 aromatic heterocycles. The number of allylic oxidation sites excluding steroid dienone is 1. The third kappa shape index (κ3) is 10.5. The number of para-hydroxylation sites is 1. The normalized spacial score (nSPS) is 12.4. The Morgan fingerprint density at radius 3 is 2.19 bits per heavy atom. The van der Waals surface area contributed by atoms with Crippen molar-refractivity contribution in [3.8, 4) is 11.3 Å². The summed E-state index contributed by atoms with van der Waals surface area (Å²) in [5.41, 5.74) is 5.48. The quantitative estimate of drug-likeness (QED) is 0.137. The third-order valence-electron chi connectivity index (χ3n) is 7.60. The van der Waals surface area contributed by atoms with Gasteiger partial charge in [-0.25, -0.2) is 0 Å². The van der Waals surface area contributed by atoms with Crippen LogP contribution in [0.1, 0.15) is 53.7 Å². The molecule has 1 atom stereocenters. The molecule has 0 aliphatic heterocycles. The minimum absolute atomic E-state index is 0. The van der Waals surface area contributed by atoms with Crippen LogP contribution >= 0.6 is 0 Å². The first-order chi connectivity index (χ1) is 22.3. The number of hydrogen-bond donors (Lipinski definition) is 3. The van der Waals surface area contributed by atoms with E-state index in [1.165, 1.54) is 0 Å². The number of carbonyl (C=O) groups excluding carboxylic acids is 2. The molecule has 242 valence electrons. The van der Waals surface area contributed by atoms with Gasteiger partial charge in [0.15, 0.2) is 0 Å². The average Bonchev–Trinajstić information content (AvgIpc) is 3.47. The molecule has 5 rings (SSSR count). The zero-order valence-corrected chi connectivity index (χ0v) is 30.4. The number of amides is 2. The molecule has 8 nitrogen and oxygen atoms in total. The topological polar surface area (TPSA) is 126 Å². The van der Waals surface area contributed by atoms with Crippen LogP contribution in [0.15, 0.2) is 114 Å². The van der Waals surface area contributed by atoms with Crippen LogP contribution in [0.25, 0.3) is 28.4 Å². The largest absolute Gasteiger partial charge is 1.00 e. The zero-order valence-electron chi connectivity index (χ0n) is 27.6. The number of benzene rings is 4. The Labute approximate surface area is 303 Å². The molecular formula is C38H38N2NaO6S+. The Morgan fingerprint density at radius 1 is 0.896 bits per heavy atom. The van der Waals surface area contributed by atoms with E-state index in [0.29, 0.717) is 17.7 Å². The number of fused-ring (bicyclic) bond motifs is 1. The van der Waals surface area contributed by atoms with Crippen molar-refractivity contribution < 1.29 is 56.5 Å². The molecule has 3 N–H and O–H groups in total. The number of furan rings is 1. The molecule has 5 aromatic rings. The Morgan fingerprint density at radius 2 is 1.56 bits per heavy atom. The molecule has 0 fully saturated rings. The van der Waals surface area contributed by atoms with Crippen LogP contribution in [0.2, 0.25) is 0 Å². The second kappa shape index (κ2) is 15.9. The van der Waals surface area contributed by atoms with Gasteiger partial charge in [0, 0.05) is 28.7 Å². The summed E-state index contributed by atoms with van der Waals surface area (Å²) in [6.45, 7) is 6.20. The number of hydrogen-bond acceptors (Lipinski definition) is 5. The van der Waals surface area contributed by atoms with Crippen LogP contribution in [0, 0.1) is 5.41 Å². The molecule has 4 aromatic carbocycles. The van der Waals surface area contributed by atoms with Crippen molar-refractivity contribution in [3.63, 3.8) is 0 Å². The summed E-state index contributed by atoms with van der Waals surface area (Å²) in [5.74, 6) is -0.981. The van der Waals surface area contributed by atoms with Gasteiger partial charge < -0.3 is 15.1 Å². The number of carbonyl (C=O) groups is 2. The van der Waals surface area contributed by atoms with Crippen molar-refractivity contribution in [1.29, 1.82) is 0 Å². The fourth-order valence-electron chi connectivity index (χ4n) is 5.04. The van der Waals surface area contributed by atoms with Crippen molar-refractivity contribution in [2.45, 2.75) is 33.1 Å². The van der Waals surface area contributed by atoms with Crippen LogP contribution < -0.4 is 40.2 Å². The van der Waals surface area contributed by atoms with Crippen LogP contribution in [-0.2, 0) is 21.3 Å². The summed E-state index contributed by atoms with van der Waals surface area (Å²) in [5, 5.41) is 6.57. The van der Waals surface area contributed by atoms with Gasteiger partial charge in [-0.15, -0.1) is 0 Å². The molecule has 1 heterocycles. The Kier molecular flexibility index (Phi) is 12.2. The molecule has 0 saturated carbocycles. The van der Waals surface area contributed by atoms with Crippen molar-refractivity contribution in [1.82, 2.24) is 5.32 Å². The summed E-state index contributed by atoms with van der Waals surface area (Å²) < 4.78 is 36.8. The van der Waals surface area contributed by atoms with Crippen LogP contribution in [-0.4, -0.2) is 37.1 Å². The first-order valence-corrected chi connectivity index (χ1v) is 17.0. The van der Waals surface area contributed by atoms with Crippen LogP contribution in [0.4, 0.5) is 5.69 Å². The second-order valence-corrected chi connectivity index (χ2v) is 14.1. The molecule has 48 heavy (non-hydrogen) atoms. The molecule has 10 heteroatoms.